The van der Waals surface area contributed by atoms with Gasteiger partial charge in [0.05, 0.1) is 12.3 Å². The molecule has 0 aliphatic carbocycles. The summed E-state index contributed by atoms with van der Waals surface area (Å²) >= 11 is 0. The Morgan fingerprint density at radius 3 is 2.67 bits per heavy atom. The van der Waals surface area contributed by atoms with Crippen LogP contribution in [0, 0.1) is 0 Å². The molecule has 0 aromatic heterocycles. The Morgan fingerprint density at radius 1 is 1.25 bits per heavy atom. The summed E-state index contributed by atoms with van der Waals surface area (Å²) in [7, 11) is 0. The van der Waals surface area contributed by atoms with E-state index in [1.807, 2.05) is 50.2 Å². The molecule has 0 bridgehead atoms. The fraction of sp³-hybridized carbons (Fsp3) is 0.350. The van der Waals surface area contributed by atoms with E-state index in [-0.39, 0.29) is 12.0 Å². The molecule has 24 heavy (non-hydrogen) atoms. The minimum atomic E-state index is -0.149. The van der Waals surface area contributed by atoms with E-state index in [0.717, 1.165) is 24.2 Å². The molecule has 0 saturated heterocycles. The first-order valence-electron chi connectivity index (χ1n) is 8.47. The summed E-state index contributed by atoms with van der Waals surface area (Å²) in [5, 5.41) is 2.95. The van der Waals surface area contributed by atoms with Crippen LogP contribution in [-0.2, 0) is 12.8 Å². The normalized spacial score (nSPS) is 15.5. The molecule has 0 fully saturated rings. The standard InChI is InChI=1S/C20H23NO3/c1-4-14-6-8-15(9-7-14)20(22)21-17-12-18-16(10-13(3)24-18)11-19(17)23-5-2/h6-9,11-13H,4-5,10H2,1-3H3,(H,21,22)/t13-/m0/s1. The molecule has 0 radical (unpaired) electrons. The molecule has 1 aliphatic heterocycles. The minimum Gasteiger partial charge on any atom is -0.492 e. The van der Waals surface area contributed by atoms with E-state index >= 15 is 0 Å². The van der Waals surface area contributed by atoms with Crippen LogP contribution in [0.5, 0.6) is 11.5 Å². The number of hydrogen-bond acceptors (Lipinski definition) is 3. The molecule has 4 heteroatoms. The lowest BCUT2D eigenvalue weighted by Crippen LogP contribution is -2.13. The number of nitrogens with one attached hydrogen (secondary N) is 1. The predicted octanol–water partition coefficient (Wildman–Crippen LogP) is 4.22. The number of carbonyl (C=O) groups is 1. The highest BCUT2D eigenvalue weighted by atomic mass is 16.5. The zero-order valence-corrected chi connectivity index (χ0v) is 14.4. The lowest BCUT2D eigenvalue weighted by molar-refractivity contribution is 0.102. The number of fused-ring (bicyclic) bond motifs is 1. The molecule has 1 amide bonds. The SMILES string of the molecule is CCOc1cc2c(cc1NC(=O)c1ccc(CC)cc1)O[C@@H](C)C2. The maximum absolute atomic E-state index is 12.5. The van der Waals surface area contributed by atoms with Gasteiger partial charge < -0.3 is 14.8 Å². The second-order valence-corrected chi connectivity index (χ2v) is 6.03. The van der Waals surface area contributed by atoms with Crippen LogP contribution in [0.3, 0.4) is 0 Å². The van der Waals surface area contributed by atoms with Crippen molar-refractivity contribution in [3.8, 4) is 11.5 Å². The average molecular weight is 325 g/mol. The van der Waals surface area contributed by atoms with Crippen LogP contribution in [0.1, 0.15) is 42.3 Å². The topological polar surface area (TPSA) is 47.6 Å². The number of hydrogen-bond donors (Lipinski definition) is 1. The van der Waals surface area contributed by atoms with Crippen molar-refractivity contribution >= 4 is 11.6 Å². The van der Waals surface area contributed by atoms with Crippen molar-refractivity contribution in [3.05, 3.63) is 53.1 Å². The number of carbonyl (C=O) groups excluding carboxylic acids is 1. The Labute approximate surface area is 142 Å². The van der Waals surface area contributed by atoms with Crippen molar-refractivity contribution in [2.24, 2.45) is 0 Å². The lowest BCUT2D eigenvalue weighted by atomic mass is 10.1. The van der Waals surface area contributed by atoms with Crippen molar-refractivity contribution in [2.45, 2.75) is 39.7 Å². The molecule has 2 aromatic rings. The first kappa shape index (κ1) is 16.4. The van der Waals surface area contributed by atoms with Crippen LogP contribution in [-0.4, -0.2) is 18.6 Å². The molecule has 1 atom stereocenters. The summed E-state index contributed by atoms with van der Waals surface area (Å²) in [6.45, 7) is 6.60. The zero-order chi connectivity index (χ0) is 17.1. The van der Waals surface area contributed by atoms with Gasteiger partial charge in [0.25, 0.3) is 5.91 Å². The highest BCUT2D eigenvalue weighted by molar-refractivity contribution is 6.05. The third kappa shape index (κ3) is 3.37. The first-order valence-corrected chi connectivity index (χ1v) is 8.47. The van der Waals surface area contributed by atoms with Gasteiger partial charge in [0, 0.05) is 23.6 Å². The minimum absolute atomic E-state index is 0.149. The van der Waals surface area contributed by atoms with Gasteiger partial charge in [-0.15, -0.1) is 0 Å². The zero-order valence-electron chi connectivity index (χ0n) is 14.4. The maximum atomic E-state index is 12.5. The van der Waals surface area contributed by atoms with Crippen LogP contribution in [0.4, 0.5) is 5.69 Å². The second kappa shape index (κ2) is 6.95. The summed E-state index contributed by atoms with van der Waals surface area (Å²) in [6.07, 6.45) is 1.97. The molecule has 4 nitrogen and oxygen atoms in total. The fourth-order valence-corrected chi connectivity index (χ4v) is 2.90. The third-order valence-corrected chi connectivity index (χ3v) is 4.17. The molecule has 2 aromatic carbocycles. The Morgan fingerprint density at radius 2 is 2.00 bits per heavy atom. The van der Waals surface area contributed by atoms with Gasteiger partial charge in [-0.25, -0.2) is 0 Å². The van der Waals surface area contributed by atoms with Gasteiger partial charge >= 0.3 is 0 Å². The van der Waals surface area contributed by atoms with E-state index in [9.17, 15) is 4.79 Å². The summed E-state index contributed by atoms with van der Waals surface area (Å²) in [5.41, 5.74) is 3.61. The van der Waals surface area contributed by atoms with E-state index < -0.39 is 0 Å². The van der Waals surface area contributed by atoms with Crippen molar-refractivity contribution in [1.29, 1.82) is 0 Å². The predicted molar refractivity (Wildman–Crippen MR) is 95.2 cm³/mol. The van der Waals surface area contributed by atoms with E-state index in [2.05, 4.69) is 12.2 Å². The van der Waals surface area contributed by atoms with Gasteiger partial charge in [0.15, 0.2) is 0 Å². The van der Waals surface area contributed by atoms with Gasteiger partial charge in [-0.05, 0) is 44.0 Å². The molecular formula is C20H23NO3. The summed E-state index contributed by atoms with van der Waals surface area (Å²) in [5.74, 6) is 1.36. The van der Waals surface area contributed by atoms with Crippen LogP contribution in [0.15, 0.2) is 36.4 Å². The Hall–Kier alpha value is -2.49. The molecule has 0 spiro atoms. The highest BCUT2D eigenvalue weighted by Crippen LogP contribution is 2.38. The summed E-state index contributed by atoms with van der Waals surface area (Å²) < 4.78 is 11.5. The smallest absolute Gasteiger partial charge is 0.255 e. The largest absolute Gasteiger partial charge is 0.492 e. The van der Waals surface area contributed by atoms with Crippen molar-refractivity contribution in [1.82, 2.24) is 0 Å². The van der Waals surface area contributed by atoms with Crippen molar-refractivity contribution < 1.29 is 14.3 Å². The van der Waals surface area contributed by atoms with Gasteiger partial charge in [-0.1, -0.05) is 19.1 Å². The highest BCUT2D eigenvalue weighted by Gasteiger charge is 2.22. The number of amides is 1. The van der Waals surface area contributed by atoms with Gasteiger partial charge in [-0.2, -0.15) is 0 Å². The molecule has 0 unspecified atom stereocenters. The molecule has 1 aliphatic rings. The molecular weight excluding hydrogens is 302 g/mol. The number of anilines is 1. The quantitative estimate of drug-likeness (QED) is 0.895. The van der Waals surface area contributed by atoms with Gasteiger partial charge in [0.2, 0.25) is 0 Å². The van der Waals surface area contributed by atoms with Crippen LogP contribution in [0.2, 0.25) is 0 Å². The average Bonchev–Trinajstić information content (AvgIpc) is 2.94. The number of ether oxygens (including phenoxy) is 2. The summed E-state index contributed by atoms with van der Waals surface area (Å²) in [4.78, 5) is 12.5. The Balaban J connectivity index is 1.85. The van der Waals surface area contributed by atoms with E-state index in [1.54, 1.807) is 0 Å². The van der Waals surface area contributed by atoms with E-state index in [4.69, 9.17) is 9.47 Å². The molecule has 0 saturated carbocycles. The molecule has 1 N–H and O–H groups in total. The first-order chi connectivity index (χ1) is 11.6. The summed E-state index contributed by atoms with van der Waals surface area (Å²) in [6, 6.07) is 11.5. The van der Waals surface area contributed by atoms with Crippen molar-refractivity contribution in [3.63, 3.8) is 0 Å². The molecule has 3 rings (SSSR count). The van der Waals surface area contributed by atoms with E-state index in [0.29, 0.717) is 23.6 Å². The molecule has 1 heterocycles. The monoisotopic (exact) mass is 325 g/mol. The van der Waals surface area contributed by atoms with Crippen LogP contribution >= 0.6 is 0 Å². The van der Waals surface area contributed by atoms with Crippen LogP contribution in [0.25, 0.3) is 0 Å². The number of aryl methyl sites for hydroxylation is 1. The van der Waals surface area contributed by atoms with Gasteiger partial charge in [-0.3, -0.25) is 4.79 Å². The maximum Gasteiger partial charge on any atom is 0.255 e. The molecule has 126 valence electrons. The van der Waals surface area contributed by atoms with E-state index in [1.165, 1.54) is 5.56 Å². The fourth-order valence-electron chi connectivity index (χ4n) is 2.90. The van der Waals surface area contributed by atoms with Crippen LogP contribution < -0.4 is 14.8 Å². The van der Waals surface area contributed by atoms with Crippen molar-refractivity contribution in [2.75, 3.05) is 11.9 Å². The number of rotatable bonds is 5. The Kier molecular flexibility index (Phi) is 4.74. The van der Waals surface area contributed by atoms with Gasteiger partial charge in [0.1, 0.15) is 17.6 Å². The number of benzene rings is 2. The second-order valence-electron chi connectivity index (χ2n) is 6.03. The Bertz CT molecular complexity index is 737. The lowest BCUT2D eigenvalue weighted by Gasteiger charge is -2.13. The third-order valence-electron chi connectivity index (χ3n) is 4.17.